The van der Waals surface area contributed by atoms with Crippen molar-refractivity contribution >= 4 is 23.4 Å². The summed E-state index contributed by atoms with van der Waals surface area (Å²) in [7, 11) is 0. The Labute approximate surface area is 164 Å². The summed E-state index contributed by atoms with van der Waals surface area (Å²) in [4.78, 5) is 23.8. The van der Waals surface area contributed by atoms with Crippen LogP contribution in [0.25, 0.3) is 5.78 Å². The highest BCUT2D eigenvalue weighted by atomic mass is 32.2. The van der Waals surface area contributed by atoms with E-state index in [1.165, 1.54) is 17.3 Å². The van der Waals surface area contributed by atoms with Gasteiger partial charge in [0, 0.05) is 30.0 Å². The summed E-state index contributed by atoms with van der Waals surface area (Å²) in [6.07, 6.45) is 3.13. The number of nitrogens with zero attached hydrogens (tertiary/aromatic N) is 5. The maximum absolute atomic E-state index is 12.9. The van der Waals surface area contributed by atoms with Gasteiger partial charge in [0.1, 0.15) is 0 Å². The number of rotatable bonds is 7. The number of hydrogen-bond donors (Lipinski definition) is 0. The minimum atomic E-state index is 0.117. The second-order valence-electron chi connectivity index (χ2n) is 6.46. The van der Waals surface area contributed by atoms with Crippen LogP contribution in [0.1, 0.15) is 29.4 Å². The molecular formula is C20H25N5OS. The quantitative estimate of drug-likeness (QED) is 0.587. The second kappa shape index (κ2) is 8.52. The van der Waals surface area contributed by atoms with Crippen LogP contribution in [0, 0.1) is 13.8 Å². The second-order valence-corrected chi connectivity index (χ2v) is 7.23. The molecule has 142 valence electrons. The zero-order chi connectivity index (χ0) is 19.4. The van der Waals surface area contributed by atoms with E-state index in [-0.39, 0.29) is 5.91 Å². The maximum Gasteiger partial charge on any atom is 0.253 e. The summed E-state index contributed by atoms with van der Waals surface area (Å²) in [6.45, 7) is 7.34. The molecule has 2 heterocycles. The van der Waals surface area contributed by atoms with Crippen molar-refractivity contribution in [1.29, 1.82) is 0 Å². The van der Waals surface area contributed by atoms with Gasteiger partial charge in [0.25, 0.3) is 5.78 Å². The number of likely N-dealkylation sites (N-methyl/N-ethyl adjacent to an activating group) is 1. The first-order chi connectivity index (χ1) is 13.0. The van der Waals surface area contributed by atoms with Crippen molar-refractivity contribution in [3.8, 4) is 0 Å². The van der Waals surface area contributed by atoms with Crippen molar-refractivity contribution in [3.63, 3.8) is 0 Å². The van der Waals surface area contributed by atoms with Crippen LogP contribution in [0.4, 0.5) is 0 Å². The van der Waals surface area contributed by atoms with E-state index < -0.39 is 0 Å². The molecule has 0 N–H and O–H groups in total. The van der Waals surface area contributed by atoms with Crippen molar-refractivity contribution in [2.24, 2.45) is 0 Å². The summed E-state index contributed by atoms with van der Waals surface area (Å²) in [5.41, 5.74) is 3.94. The van der Waals surface area contributed by atoms with Gasteiger partial charge in [0.05, 0.1) is 6.42 Å². The van der Waals surface area contributed by atoms with Crippen LogP contribution in [0.5, 0.6) is 0 Å². The van der Waals surface area contributed by atoms with E-state index in [2.05, 4.69) is 27.2 Å². The van der Waals surface area contributed by atoms with Crippen molar-refractivity contribution in [1.82, 2.24) is 24.5 Å². The molecule has 3 aromatic rings. The Bertz CT molecular complexity index is 938. The molecule has 0 radical (unpaired) electrons. The minimum absolute atomic E-state index is 0.117. The highest BCUT2D eigenvalue weighted by Gasteiger charge is 2.19. The zero-order valence-corrected chi connectivity index (χ0v) is 17.1. The lowest BCUT2D eigenvalue weighted by Crippen LogP contribution is -2.34. The minimum Gasteiger partial charge on any atom is -0.342 e. The Morgan fingerprint density at radius 2 is 1.93 bits per heavy atom. The zero-order valence-electron chi connectivity index (χ0n) is 16.3. The van der Waals surface area contributed by atoms with E-state index in [4.69, 9.17) is 0 Å². The topological polar surface area (TPSA) is 63.4 Å². The summed E-state index contributed by atoms with van der Waals surface area (Å²) in [6, 6.07) is 10.3. The number of thioether (sulfide) groups is 1. The van der Waals surface area contributed by atoms with Crippen LogP contribution in [0.15, 0.2) is 35.5 Å². The van der Waals surface area contributed by atoms with Gasteiger partial charge in [-0.1, -0.05) is 42.1 Å². The summed E-state index contributed by atoms with van der Waals surface area (Å²) < 4.78 is 1.74. The highest BCUT2D eigenvalue weighted by Crippen LogP contribution is 2.18. The van der Waals surface area contributed by atoms with Gasteiger partial charge in [0.15, 0.2) is 0 Å². The third-order valence-electron chi connectivity index (χ3n) is 4.79. The molecule has 27 heavy (non-hydrogen) atoms. The molecule has 6 nitrogen and oxygen atoms in total. The molecule has 0 fully saturated rings. The summed E-state index contributed by atoms with van der Waals surface area (Å²) in [5, 5.41) is 5.15. The lowest BCUT2D eigenvalue weighted by Gasteiger charge is -2.22. The third kappa shape index (κ3) is 4.30. The van der Waals surface area contributed by atoms with Crippen molar-refractivity contribution in [2.75, 3.05) is 19.3 Å². The molecular weight excluding hydrogens is 358 g/mol. The summed E-state index contributed by atoms with van der Waals surface area (Å²) >= 11 is 1.48. The van der Waals surface area contributed by atoms with E-state index in [1.54, 1.807) is 4.52 Å². The van der Waals surface area contributed by atoms with E-state index in [9.17, 15) is 4.79 Å². The van der Waals surface area contributed by atoms with Gasteiger partial charge in [-0.25, -0.2) is 9.50 Å². The monoisotopic (exact) mass is 383 g/mol. The Balaban J connectivity index is 1.77. The number of amides is 1. The number of carbonyl (C=O) groups excluding carboxylic acids is 1. The van der Waals surface area contributed by atoms with Gasteiger partial charge >= 0.3 is 0 Å². The number of aryl methyl sites for hydroxylation is 2. The van der Waals surface area contributed by atoms with E-state index in [0.717, 1.165) is 23.4 Å². The van der Waals surface area contributed by atoms with Crippen LogP contribution in [-0.4, -0.2) is 49.7 Å². The van der Waals surface area contributed by atoms with E-state index in [0.29, 0.717) is 30.4 Å². The van der Waals surface area contributed by atoms with Crippen LogP contribution in [-0.2, 0) is 17.6 Å². The third-order valence-corrected chi connectivity index (χ3v) is 5.33. The lowest BCUT2D eigenvalue weighted by molar-refractivity contribution is -0.130. The molecule has 0 aliphatic rings. The number of benzene rings is 1. The van der Waals surface area contributed by atoms with Gasteiger partial charge in [-0.2, -0.15) is 4.98 Å². The fraction of sp³-hybridized carbons (Fsp3) is 0.400. The lowest BCUT2D eigenvalue weighted by atomic mass is 10.1. The van der Waals surface area contributed by atoms with Crippen molar-refractivity contribution in [3.05, 3.63) is 52.8 Å². The molecule has 0 bridgehead atoms. The van der Waals surface area contributed by atoms with Gasteiger partial charge in [0.2, 0.25) is 11.1 Å². The number of fused-ring (bicyclic) bond motifs is 1. The molecule has 0 saturated heterocycles. The van der Waals surface area contributed by atoms with Crippen LogP contribution in [0.2, 0.25) is 0 Å². The van der Waals surface area contributed by atoms with Gasteiger partial charge < -0.3 is 4.90 Å². The van der Waals surface area contributed by atoms with Crippen LogP contribution >= 0.6 is 11.8 Å². The molecule has 0 aliphatic carbocycles. The molecule has 2 aromatic heterocycles. The molecule has 1 amide bonds. The molecule has 7 heteroatoms. The Morgan fingerprint density at radius 1 is 1.19 bits per heavy atom. The Hall–Kier alpha value is -2.41. The SMILES string of the molecule is CCN(CCc1ccccc1)C(=O)Cc1c(C)nc2nc(SC)nn2c1C. The average molecular weight is 384 g/mol. The predicted molar refractivity (Wildman–Crippen MR) is 108 cm³/mol. The summed E-state index contributed by atoms with van der Waals surface area (Å²) in [5.74, 6) is 0.702. The van der Waals surface area contributed by atoms with Gasteiger partial charge in [-0.3, -0.25) is 4.79 Å². The molecule has 0 unspecified atom stereocenters. The van der Waals surface area contributed by atoms with E-state index in [1.807, 2.05) is 50.1 Å². The number of aromatic nitrogens is 4. The molecule has 1 aromatic carbocycles. The Morgan fingerprint density at radius 3 is 2.59 bits per heavy atom. The first-order valence-corrected chi connectivity index (χ1v) is 10.3. The average Bonchev–Trinajstić information content (AvgIpc) is 3.09. The highest BCUT2D eigenvalue weighted by molar-refractivity contribution is 7.98. The van der Waals surface area contributed by atoms with Crippen LogP contribution in [0.3, 0.4) is 0 Å². The first-order valence-electron chi connectivity index (χ1n) is 9.12. The molecule has 0 saturated carbocycles. The first kappa shape index (κ1) is 19.4. The number of hydrogen-bond acceptors (Lipinski definition) is 5. The molecule has 0 atom stereocenters. The van der Waals surface area contributed by atoms with Gasteiger partial charge in [-0.15, -0.1) is 5.10 Å². The fourth-order valence-electron chi connectivity index (χ4n) is 3.16. The predicted octanol–water partition coefficient (Wildman–Crippen LogP) is 3.10. The van der Waals surface area contributed by atoms with Crippen molar-refractivity contribution in [2.45, 2.75) is 38.8 Å². The molecule has 3 rings (SSSR count). The van der Waals surface area contributed by atoms with Gasteiger partial charge in [-0.05, 0) is 39.0 Å². The van der Waals surface area contributed by atoms with E-state index >= 15 is 0 Å². The molecule has 0 aliphatic heterocycles. The van der Waals surface area contributed by atoms with Crippen LogP contribution < -0.4 is 0 Å². The Kier molecular flexibility index (Phi) is 6.11. The number of carbonyl (C=O) groups is 1. The smallest absolute Gasteiger partial charge is 0.253 e. The normalized spacial score (nSPS) is 11.1. The van der Waals surface area contributed by atoms with Crippen molar-refractivity contribution < 1.29 is 4.79 Å². The maximum atomic E-state index is 12.9. The largest absolute Gasteiger partial charge is 0.342 e. The fourth-order valence-corrected chi connectivity index (χ4v) is 3.50. The standard InChI is InChI=1S/C20H25N5OS/c1-5-24(12-11-16-9-7-6-8-10-16)18(26)13-17-14(2)21-19-22-20(27-4)23-25(19)15(17)3/h6-10H,5,11-13H2,1-4H3. The molecule has 0 spiro atoms.